The van der Waals surface area contributed by atoms with Crippen molar-refractivity contribution in [3.8, 4) is 0 Å². The van der Waals surface area contributed by atoms with Crippen molar-refractivity contribution in [2.24, 2.45) is 0 Å². The van der Waals surface area contributed by atoms with Crippen molar-refractivity contribution in [1.82, 2.24) is 20.4 Å². The van der Waals surface area contributed by atoms with Gasteiger partial charge in [0.2, 0.25) is 17.6 Å². The Balaban J connectivity index is 0.992. The van der Waals surface area contributed by atoms with E-state index >= 15 is 0 Å². The summed E-state index contributed by atoms with van der Waals surface area (Å²) in [5.41, 5.74) is 2.80. The van der Waals surface area contributed by atoms with Crippen LogP contribution in [-0.2, 0) is 16.1 Å². The van der Waals surface area contributed by atoms with Crippen molar-refractivity contribution in [2.75, 3.05) is 39.3 Å². The summed E-state index contributed by atoms with van der Waals surface area (Å²) in [5, 5.41) is 5.29. The van der Waals surface area contributed by atoms with Crippen LogP contribution < -0.4 is 10.6 Å². The van der Waals surface area contributed by atoms with Crippen molar-refractivity contribution in [1.29, 1.82) is 0 Å². The Morgan fingerprint density at radius 3 is 2.32 bits per heavy atom. The zero-order valence-corrected chi connectivity index (χ0v) is 22.5. The van der Waals surface area contributed by atoms with Crippen molar-refractivity contribution in [2.45, 2.75) is 25.3 Å². The molecule has 3 heterocycles. The average Bonchev–Trinajstić information content (AvgIpc) is 3.44. The Bertz CT molecular complexity index is 1500. The van der Waals surface area contributed by atoms with Crippen molar-refractivity contribution in [3.05, 3.63) is 93.9 Å². The predicted octanol–water partition coefficient (Wildman–Crippen LogP) is 2.12. The molecule has 2 aromatic carbocycles. The van der Waals surface area contributed by atoms with Gasteiger partial charge in [0.1, 0.15) is 0 Å². The van der Waals surface area contributed by atoms with Crippen LogP contribution in [0, 0.1) is 0 Å². The number of hydrogen-bond acceptors (Lipinski definition) is 8. The maximum Gasteiger partial charge on any atom is 0.287 e. The molecule has 3 amide bonds. The van der Waals surface area contributed by atoms with Crippen molar-refractivity contribution >= 4 is 29.3 Å². The van der Waals surface area contributed by atoms with E-state index in [1.165, 1.54) is 6.07 Å². The van der Waals surface area contributed by atoms with Crippen LogP contribution in [0.1, 0.15) is 72.5 Å². The first-order valence-corrected chi connectivity index (χ1v) is 13.9. The number of rotatable bonds is 7. The molecular weight excluding hydrogens is 524 g/mol. The average molecular weight is 555 g/mol. The second-order valence-corrected chi connectivity index (χ2v) is 10.6. The highest BCUT2D eigenvalue weighted by atomic mass is 16.4. The number of carbonyl (C=O) groups is 5. The van der Waals surface area contributed by atoms with E-state index in [9.17, 15) is 24.0 Å². The van der Waals surface area contributed by atoms with E-state index in [-0.39, 0.29) is 46.2 Å². The molecule has 1 aromatic heterocycles. The SMILES string of the molecule is O=C1CCC(c2ccccc2CN2CCN(CCNC(=O)c3cc4c(o3)C(=O)c3ccccc3C4=O)CC2)C(=O)N1. The number of piperidine rings is 1. The summed E-state index contributed by atoms with van der Waals surface area (Å²) < 4.78 is 5.54. The molecule has 2 fully saturated rings. The molecular formula is C31H30N4O6. The molecule has 1 atom stereocenters. The molecule has 2 saturated heterocycles. The maximum absolute atomic E-state index is 12.8. The molecule has 10 heteroatoms. The first kappa shape index (κ1) is 26.8. The van der Waals surface area contributed by atoms with Gasteiger partial charge in [0, 0.05) is 69.4 Å². The van der Waals surface area contributed by atoms with E-state index in [0.717, 1.165) is 43.9 Å². The van der Waals surface area contributed by atoms with Gasteiger partial charge in [-0.1, -0.05) is 48.5 Å². The summed E-state index contributed by atoms with van der Waals surface area (Å²) >= 11 is 0. The first-order valence-electron chi connectivity index (χ1n) is 13.9. The molecule has 0 bridgehead atoms. The highest BCUT2D eigenvalue weighted by Crippen LogP contribution is 2.30. The quantitative estimate of drug-likeness (QED) is 0.333. The van der Waals surface area contributed by atoms with E-state index < -0.39 is 11.7 Å². The molecule has 10 nitrogen and oxygen atoms in total. The summed E-state index contributed by atoms with van der Waals surface area (Å²) in [6.45, 7) is 5.10. The number of piperazine rings is 1. The van der Waals surface area contributed by atoms with Crippen LogP contribution in [0.5, 0.6) is 0 Å². The molecule has 2 N–H and O–H groups in total. The Hall–Kier alpha value is -4.41. The van der Waals surface area contributed by atoms with Gasteiger partial charge in [0.15, 0.2) is 17.3 Å². The summed E-state index contributed by atoms with van der Waals surface area (Å²) in [6, 6.07) is 15.9. The van der Waals surface area contributed by atoms with Gasteiger partial charge in [-0.15, -0.1) is 0 Å². The summed E-state index contributed by atoms with van der Waals surface area (Å²) in [6.07, 6.45) is 0.884. The topological polar surface area (TPSA) is 129 Å². The maximum atomic E-state index is 12.8. The van der Waals surface area contributed by atoms with Gasteiger partial charge in [-0.2, -0.15) is 0 Å². The second kappa shape index (κ2) is 11.2. The van der Waals surface area contributed by atoms with Gasteiger partial charge in [0.05, 0.1) is 11.5 Å². The van der Waals surface area contributed by atoms with Crippen LogP contribution in [0.15, 0.2) is 59.0 Å². The largest absolute Gasteiger partial charge is 0.447 e. The predicted molar refractivity (Wildman–Crippen MR) is 148 cm³/mol. The number of benzene rings is 2. The smallest absolute Gasteiger partial charge is 0.287 e. The van der Waals surface area contributed by atoms with E-state index in [2.05, 4.69) is 20.4 Å². The standard InChI is InChI=1S/C31H30N4O6/c36-26-10-9-23(30(39)33-26)20-6-2-1-5-19(20)18-35-15-13-34(14-16-35)12-11-32-31(40)25-17-24-27(37)21-7-3-4-8-22(21)28(38)29(24)41-25/h1-8,17,23H,9-16,18H2,(H,32,40)(H,33,36,39). The monoisotopic (exact) mass is 554 g/mol. The van der Waals surface area contributed by atoms with Gasteiger partial charge in [-0.05, 0) is 17.5 Å². The molecule has 1 aliphatic carbocycles. The summed E-state index contributed by atoms with van der Waals surface area (Å²) in [7, 11) is 0. The van der Waals surface area contributed by atoms with Crippen molar-refractivity contribution in [3.63, 3.8) is 0 Å². The second-order valence-electron chi connectivity index (χ2n) is 10.6. The third-order valence-corrected chi connectivity index (χ3v) is 8.07. The highest BCUT2D eigenvalue weighted by Gasteiger charge is 2.34. The molecule has 2 aliphatic heterocycles. The lowest BCUT2D eigenvalue weighted by molar-refractivity contribution is -0.134. The number of fused-ring (bicyclic) bond motifs is 2. The minimum Gasteiger partial charge on any atom is -0.447 e. The minimum absolute atomic E-state index is 0.0518. The third-order valence-electron chi connectivity index (χ3n) is 8.07. The highest BCUT2D eigenvalue weighted by molar-refractivity contribution is 6.27. The minimum atomic E-state index is -0.465. The van der Waals surface area contributed by atoms with E-state index in [1.54, 1.807) is 24.3 Å². The number of furan rings is 1. The molecule has 1 unspecified atom stereocenters. The van der Waals surface area contributed by atoms with Crippen LogP contribution in [0.4, 0.5) is 0 Å². The number of imide groups is 1. The summed E-state index contributed by atoms with van der Waals surface area (Å²) in [4.78, 5) is 66.9. The lowest BCUT2D eigenvalue weighted by Crippen LogP contribution is -2.48. The Kier molecular flexibility index (Phi) is 7.34. The van der Waals surface area contributed by atoms with Crippen LogP contribution in [0.25, 0.3) is 0 Å². The van der Waals surface area contributed by atoms with E-state index in [0.29, 0.717) is 31.5 Å². The number of nitrogens with one attached hydrogen (secondary N) is 2. The molecule has 41 heavy (non-hydrogen) atoms. The van der Waals surface area contributed by atoms with Gasteiger partial charge in [-0.25, -0.2) is 0 Å². The molecule has 0 spiro atoms. The third kappa shape index (κ3) is 5.36. The first-order chi connectivity index (χ1) is 19.9. The lowest BCUT2D eigenvalue weighted by Gasteiger charge is -2.35. The molecule has 3 aliphatic rings. The molecule has 6 rings (SSSR count). The van der Waals surface area contributed by atoms with Gasteiger partial charge in [-0.3, -0.25) is 39.1 Å². The van der Waals surface area contributed by atoms with Crippen LogP contribution in [0.2, 0.25) is 0 Å². The molecule has 0 radical (unpaired) electrons. The Morgan fingerprint density at radius 1 is 0.878 bits per heavy atom. The fourth-order valence-corrected chi connectivity index (χ4v) is 5.82. The Morgan fingerprint density at radius 2 is 1.56 bits per heavy atom. The number of nitrogens with zero attached hydrogens (tertiary/aromatic N) is 2. The zero-order valence-electron chi connectivity index (χ0n) is 22.5. The number of ketones is 2. The van der Waals surface area contributed by atoms with Crippen LogP contribution in [0.3, 0.4) is 0 Å². The van der Waals surface area contributed by atoms with Crippen LogP contribution in [-0.4, -0.2) is 78.4 Å². The number of amides is 3. The lowest BCUT2D eigenvalue weighted by atomic mass is 9.87. The number of carbonyl (C=O) groups excluding carboxylic acids is 5. The van der Waals surface area contributed by atoms with Gasteiger partial charge >= 0.3 is 0 Å². The van der Waals surface area contributed by atoms with Crippen molar-refractivity contribution < 1.29 is 28.4 Å². The van der Waals surface area contributed by atoms with E-state index in [4.69, 9.17) is 4.42 Å². The normalized spacial score (nSPS) is 19.5. The zero-order chi connectivity index (χ0) is 28.5. The van der Waals surface area contributed by atoms with Crippen LogP contribution >= 0.6 is 0 Å². The number of hydrogen-bond donors (Lipinski definition) is 2. The molecule has 3 aromatic rings. The fourth-order valence-electron chi connectivity index (χ4n) is 5.82. The summed E-state index contributed by atoms with van der Waals surface area (Å²) in [5.74, 6) is -2.07. The van der Waals surface area contributed by atoms with E-state index in [1.807, 2.05) is 24.3 Å². The fraction of sp³-hybridized carbons (Fsp3) is 0.323. The van der Waals surface area contributed by atoms with Gasteiger partial charge < -0.3 is 9.73 Å². The van der Waals surface area contributed by atoms with Gasteiger partial charge in [0.25, 0.3) is 5.91 Å². The Labute approximate surface area is 236 Å². The molecule has 0 saturated carbocycles. The molecule has 210 valence electrons.